The summed E-state index contributed by atoms with van der Waals surface area (Å²) in [6.07, 6.45) is 7.58. The number of hydrogen-bond acceptors (Lipinski definition) is 4. The van der Waals surface area contributed by atoms with Crippen LogP contribution in [0.15, 0.2) is 0 Å². The number of hydroxylamine groups is 4. The van der Waals surface area contributed by atoms with Gasteiger partial charge in [0.25, 0.3) is 0 Å². The van der Waals surface area contributed by atoms with Crippen molar-refractivity contribution in [1.82, 2.24) is 10.1 Å². The summed E-state index contributed by atoms with van der Waals surface area (Å²) in [6, 6.07) is 0. The van der Waals surface area contributed by atoms with Crippen LogP contribution in [0.2, 0.25) is 66.5 Å². The standard InChI is InChI=1S/2C27H60NOSi3.Hg/c2*1-20(2)31(21(3)4,22(5)6)30(32(23(7)8,24(9)10)25(11)12)29-28-26(13,14)18-17-19-27(28,15)16;/h2*20-25H,17-19H2,1-16H3;. The maximum absolute atomic E-state index is 7.88. The first-order valence-electron chi connectivity index (χ1n) is 27.4. The molecule has 0 aromatic heterocycles. The van der Waals surface area contributed by atoms with Crippen molar-refractivity contribution in [1.29, 1.82) is 0 Å². The van der Waals surface area contributed by atoms with Crippen molar-refractivity contribution in [2.75, 3.05) is 0 Å². The monoisotopic (exact) mass is 1200 g/mol. The van der Waals surface area contributed by atoms with Gasteiger partial charge in [-0.3, -0.25) is 0 Å². The molecule has 2 heterocycles. The summed E-state index contributed by atoms with van der Waals surface area (Å²) in [5.74, 6) is 0. The van der Waals surface area contributed by atoms with Crippen molar-refractivity contribution in [2.24, 2.45) is 0 Å². The zero-order valence-electron chi connectivity index (χ0n) is 50.6. The average Bonchev–Trinajstić information content (AvgIpc) is 3.06. The van der Waals surface area contributed by atoms with E-state index in [1.807, 2.05) is 0 Å². The van der Waals surface area contributed by atoms with Gasteiger partial charge in [0, 0.05) is 49.8 Å². The molecule has 0 saturated carbocycles. The van der Waals surface area contributed by atoms with Crippen LogP contribution in [-0.4, -0.2) is 78.8 Å². The van der Waals surface area contributed by atoms with E-state index in [-0.39, 0.29) is 49.8 Å². The minimum atomic E-state index is -1.79. The van der Waals surface area contributed by atoms with Gasteiger partial charge in [-0.05, 0) is 93.9 Å². The molecule has 0 spiro atoms. The van der Waals surface area contributed by atoms with E-state index < -0.39 is 46.5 Å². The van der Waals surface area contributed by atoms with Crippen LogP contribution in [0.25, 0.3) is 0 Å². The molecular weight excluding hydrogens is 1080 g/mol. The Labute approximate surface area is 438 Å². The van der Waals surface area contributed by atoms with Crippen molar-refractivity contribution in [2.45, 2.75) is 349 Å². The Morgan fingerprint density at radius 1 is 0.292 bits per heavy atom. The van der Waals surface area contributed by atoms with Crippen LogP contribution >= 0.6 is 0 Å². The minimum absolute atomic E-state index is 0. The van der Waals surface area contributed by atoms with Gasteiger partial charge in [0.2, 0.25) is 16.2 Å². The quantitative estimate of drug-likeness (QED) is 0.113. The summed E-state index contributed by atoms with van der Waals surface area (Å²) >= 11 is 0. The number of piperidine rings is 2. The normalized spacial score (nSPS) is 20.4. The molecule has 0 N–H and O–H groups in total. The predicted molar refractivity (Wildman–Crippen MR) is 306 cm³/mol. The second-order valence-electron chi connectivity index (χ2n) is 28.0. The van der Waals surface area contributed by atoms with Crippen molar-refractivity contribution < 1.29 is 36.7 Å². The molecule has 2 saturated heterocycles. The van der Waals surface area contributed by atoms with E-state index >= 15 is 0 Å². The largest absolute Gasteiger partial charge is 0.349 e. The topological polar surface area (TPSA) is 24.9 Å². The van der Waals surface area contributed by atoms with Crippen LogP contribution in [0.1, 0.15) is 260 Å². The molecule has 0 aliphatic carbocycles. The van der Waals surface area contributed by atoms with Crippen LogP contribution in [0.5, 0.6) is 0 Å². The molecule has 4 nitrogen and oxygen atoms in total. The van der Waals surface area contributed by atoms with E-state index in [4.69, 9.17) is 9.05 Å². The summed E-state index contributed by atoms with van der Waals surface area (Å²) in [6.45, 7) is 81.1. The first-order chi connectivity index (χ1) is 28.7. The summed E-state index contributed by atoms with van der Waals surface area (Å²) in [5.41, 5.74) is 9.37. The molecule has 384 valence electrons. The van der Waals surface area contributed by atoms with Gasteiger partial charge in [-0.2, -0.15) is 10.1 Å². The molecular formula is C54H120HgN2O2Si6. The fraction of sp³-hybridized carbons (Fsp3) is 1.00. The van der Waals surface area contributed by atoms with Crippen molar-refractivity contribution >= 4 is 46.5 Å². The maximum Gasteiger partial charge on any atom is 0.215 e. The van der Waals surface area contributed by atoms with E-state index in [0.29, 0.717) is 0 Å². The van der Waals surface area contributed by atoms with Crippen LogP contribution in [0.3, 0.4) is 0 Å². The second kappa shape index (κ2) is 24.9. The molecule has 2 aliphatic rings. The molecule has 0 aromatic rings. The molecule has 0 aromatic carbocycles. The summed E-state index contributed by atoms with van der Waals surface area (Å²) in [7, 11) is -9.31. The van der Waals surface area contributed by atoms with Gasteiger partial charge >= 0.3 is 0 Å². The summed E-state index contributed by atoms with van der Waals surface area (Å²) in [4.78, 5) is 0. The third-order valence-corrected chi connectivity index (χ3v) is 92.5. The fourth-order valence-corrected chi connectivity index (χ4v) is 114. The van der Waals surface area contributed by atoms with E-state index in [1.165, 1.54) is 38.5 Å². The van der Waals surface area contributed by atoms with Crippen molar-refractivity contribution in [3.05, 3.63) is 0 Å². The Kier molecular flexibility index (Phi) is 25.7. The smallest absolute Gasteiger partial charge is 0.215 e. The van der Waals surface area contributed by atoms with Crippen molar-refractivity contribution in [3.8, 4) is 0 Å². The van der Waals surface area contributed by atoms with Gasteiger partial charge in [-0.25, -0.2) is 0 Å². The van der Waals surface area contributed by atoms with Gasteiger partial charge in [-0.1, -0.05) is 233 Å². The first-order valence-corrected chi connectivity index (χ1v) is 43.1. The first kappa shape index (κ1) is 67.1. The Bertz CT molecular complexity index is 1120. The zero-order valence-corrected chi connectivity index (χ0v) is 62.1. The number of hydrogen-bond donors (Lipinski definition) is 0. The van der Waals surface area contributed by atoms with Gasteiger partial charge in [0.1, 0.15) is 0 Å². The van der Waals surface area contributed by atoms with E-state index in [9.17, 15) is 0 Å². The molecule has 0 amide bonds. The molecule has 2 radical (unpaired) electrons. The van der Waals surface area contributed by atoms with Gasteiger partial charge in [-0.15, -0.1) is 0 Å². The molecule has 0 atom stereocenters. The molecule has 2 aliphatic heterocycles. The Morgan fingerprint density at radius 2 is 0.415 bits per heavy atom. The van der Waals surface area contributed by atoms with Crippen LogP contribution < -0.4 is 0 Å². The van der Waals surface area contributed by atoms with Crippen LogP contribution in [0, 0.1) is 0 Å². The zero-order chi connectivity index (χ0) is 50.9. The van der Waals surface area contributed by atoms with E-state index in [0.717, 1.165) is 66.5 Å². The number of nitrogens with zero attached hydrogens (tertiary/aromatic N) is 2. The Balaban J connectivity index is 0.00000124. The molecule has 2 fully saturated rings. The number of rotatable bonds is 20. The maximum atomic E-state index is 7.88. The van der Waals surface area contributed by atoms with E-state index in [1.54, 1.807) is 0 Å². The fourth-order valence-electron chi connectivity index (χ4n) is 16.8. The minimum Gasteiger partial charge on any atom is -0.349 e. The second-order valence-corrected chi connectivity index (χ2v) is 69.8. The average molecular weight is 1200 g/mol. The predicted octanol–water partition coefficient (Wildman–Crippen LogP) is 18.9. The summed E-state index contributed by atoms with van der Waals surface area (Å²) in [5, 5.41) is 5.17. The van der Waals surface area contributed by atoms with Crippen molar-refractivity contribution in [3.63, 3.8) is 0 Å². The SMILES string of the molecule is CC(C)[Si](C(C)C)(C(C)C)[Si](ON1C(C)(C)CCCC1(C)C)[Si](C(C)C)(C(C)C)C(C)C.CC(C)[Si](C(C)C)(C(C)C)[Si](ON1C(C)(C)CCCC1(C)C)[Si](C(C)C)(C(C)C)C(C)C.[Hg]. The van der Waals surface area contributed by atoms with Crippen LogP contribution in [0.4, 0.5) is 0 Å². The third-order valence-electron chi connectivity index (χ3n) is 18.8. The Hall–Kier alpha value is 2.08. The van der Waals surface area contributed by atoms with Gasteiger partial charge in [0.15, 0.2) is 0 Å². The van der Waals surface area contributed by atoms with Crippen LogP contribution in [-0.2, 0) is 36.7 Å². The Morgan fingerprint density at radius 3 is 0.523 bits per heavy atom. The van der Waals surface area contributed by atoms with E-state index in [2.05, 4.69) is 232 Å². The molecule has 65 heavy (non-hydrogen) atoms. The molecule has 2 rings (SSSR count). The summed E-state index contributed by atoms with van der Waals surface area (Å²) < 4.78 is 15.8. The third kappa shape index (κ3) is 12.7. The van der Waals surface area contributed by atoms with Gasteiger partial charge in [0.05, 0.1) is 30.4 Å². The molecule has 0 bridgehead atoms. The molecule has 11 heteroatoms. The van der Waals surface area contributed by atoms with Gasteiger partial charge < -0.3 is 9.05 Å². The molecule has 0 unspecified atom stereocenters.